The molecular formula is C14H18N2O4. The Hall–Kier alpha value is -2.24. The van der Waals surface area contributed by atoms with Crippen molar-refractivity contribution in [1.82, 2.24) is 5.32 Å². The van der Waals surface area contributed by atoms with E-state index in [9.17, 15) is 14.7 Å². The summed E-state index contributed by atoms with van der Waals surface area (Å²) in [6.45, 7) is 4.84. The molecule has 1 aliphatic rings. The highest BCUT2D eigenvalue weighted by Gasteiger charge is 2.45. The van der Waals surface area contributed by atoms with E-state index in [1.165, 1.54) is 18.2 Å². The Kier molecular flexibility index (Phi) is 3.57. The van der Waals surface area contributed by atoms with Gasteiger partial charge in [0, 0.05) is 6.54 Å². The summed E-state index contributed by atoms with van der Waals surface area (Å²) in [5.41, 5.74) is 0.113. The van der Waals surface area contributed by atoms with Gasteiger partial charge >= 0.3 is 12.0 Å². The molecule has 1 aromatic rings. The van der Waals surface area contributed by atoms with Crippen molar-refractivity contribution in [2.24, 2.45) is 11.3 Å². The second-order valence-corrected chi connectivity index (χ2v) is 5.73. The summed E-state index contributed by atoms with van der Waals surface area (Å²) >= 11 is 0. The van der Waals surface area contributed by atoms with Gasteiger partial charge in [-0.1, -0.05) is 19.9 Å². The van der Waals surface area contributed by atoms with Crippen LogP contribution in [0, 0.1) is 11.3 Å². The third-order valence-corrected chi connectivity index (χ3v) is 3.74. The van der Waals surface area contributed by atoms with Crippen LogP contribution in [0.25, 0.3) is 0 Å². The number of urea groups is 1. The summed E-state index contributed by atoms with van der Waals surface area (Å²) in [5.74, 6) is -1.22. The molecule has 6 nitrogen and oxygen atoms in total. The van der Waals surface area contributed by atoms with E-state index in [2.05, 4.69) is 24.5 Å². The van der Waals surface area contributed by atoms with E-state index in [-0.39, 0.29) is 16.7 Å². The molecule has 1 saturated carbocycles. The Labute approximate surface area is 116 Å². The Bertz CT molecular complexity index is 554. The van der Waals surface area contributed by atoms with Gasteiger partial charge in [0.05, 0.1) is 5.69 Å². The van der Waals surface area contributed by atoms with Crippen molar-refractivity contribution in [3.8, 4) is 5.75 Å². The molecule has 1 unspecified atom stereocenters. The van der Waals surface area contributed by atoms with Crippen molar-refractivity contribution in [2.75, 3.05) is 11.9 Å². The largest absolute Gasteiger partial charge is 0.505 e. The maximum atomic E-state index is 11.7. The smallest absolute Gasteiger partial charge is 0.339 e. The van der Waals surface area contributed by atoms with E-state index >= 15 is 0 Å². The van der Waals surface area contributed by atoms with Gasteiger partial charge in [-0.05, 0) is 29.9 Å². The van der Waals surface area contributed by atoms with Crippen LogP contribution in [-0.2, 0) is 0 Å². The molecule has 0 radical (unpaired) electrons. The van der Waals surface area contributed by atoms with Gasteiger partial charge in [-0.3, -0.25) is 0 Å². The zero-order chi connectivity index (χ0) is 14.9. The molecule has 0 saturated heterocycles. The zero-order valence-electron chi connectivity index (χ0n) is 11.4. The summed E-state index contributed by atoms with van der Waals surface area (Å²) in [6, 6.07) is 3.73. The number of carbonyl (C=O) groups is 2. The van der Waals surface area contributed by atoms with Crippen LogP contribution in [0.4, 0.5) is 10.5 Å². The Morgan fingerprint density at radius 2 is 2.05 bits per heavy atom. The van der Waals surface area contributed by atoms with Gasteiger partial charge in [0.25, 0.3) is 0 Å². The molecule has 6 heteroatoms. The molecule has 0 aromatic heterocycles. The first-order valence-corrected chi connectivity index (χ1v) is 6.41. The lowest BCUT2D eigenvalue weighted by molar-refractivity contribution is 0.0693. The minimum absolute atomic E-state index is 0.0810. The predicted molar refractivity (Wildman–Crippen MR) is 74.0 cm³/mol. The number of rotatable bonds is 4. The Morgan fingerprint density at radius 1 is 1.40 bits per heavy atom. The lowest BCUT2D eigenvalue weighted by Gasteiger charge is -2.10. The molecule has 1 aliphatic carbocycles. The van der Waals surface area contributed by atoms with Crippen LogP contribution in [-0.4, -0.2) is 28.8 Å². The van der Waals surface area contributed by atoms with Gasteiger partial charge in [-0.2, -0.15) is 0 Å². The van der Waals surface area contributed by atoms with Gasteiger partial charge in [-0.25, -0.2) is 9.59 Å². The van der Waals surface area contributed by atoms with E-state index < -0.39 is 17.7 Å². The van der Waals surface area contributed by atoms with Crippen molar-refractivity contribution >= 4 is 17.7 Å². The van der Waals surface area contributed by atoms with Crippen molar-refractivity contribution in [3.63, 3.8) is 0 Å². The standard InChI is InChI=1S/C14H18N2O4/c1-14(2)6-8(14)7-15-13(20)16-10-5-3-4-9(11(10)17)12(18)19/h3-5,8,17H,6-7H2,1-2H3,(H,18,19)(H2,15,16,20). The molecule has 108 valence electrons. The zero-order valence-corrected chi connectivity index (χ0v) is 11.4. The number of aromatic hydroxyl groups is 1. The molecule has 1 atom stereocenters. The first-order chi connectivity index (χ1) is 9.31. The number of carboxylic acids is 1. The van der Waals surface area contributed by atoms with Gasteiger partial charge in [-0.15, -0.1) is 0 Å². The van der Waals surface area contributed by atoms with Gasteiger partial charge in [0.2, 0.25) is 0 Å². The molecule has 0 aliphatic heterocycles. The van der Waals surface area contributed by atoms with E-state index in [4.69, 9.17) is 5.11 Å². The van der Waals surface area contributed by atoms with Crippen LogP contribution in [0.3, 0.4) is 0 Å². The fourth-order valence-electron chi connectivity index (χ4n) is 2.12. The summed E-state index contributed by atoms with van der Waals surface area (Å²) in [6.07, 6.45) is 1.08. The van der Waals surface area contributed by atoms with Crippen LogP contribution >= 0.6 is 0 Å². The predicted octanol–water partition coefficient (Wildman–Crippen LogP) is 2.26. The van der Waals surface area contributed by atoms with E-state index in [0.29, 0.717) is 12.5 Å². The summed E-state index contributed by atoms with van der Waals surface area (Å²) in [7, 11) is 0. The number of carbonyl (C=O) groups excluding carboxylic acids is 1. The maximum Gasteiger partial charge on any atom is 0.339 e. The van der Waals surface area contributed by atoms with Crippen LogP contribution in [0.15, 0.2) is 18.2 Å². The average molecular weight is 278 g/mol. The molecule has 4 N–H and O–H groups in total. The molecule has 0 heterocycles. The third kappa shape index (κ3) is 3.01. The number of hydrogen-bond donors (Lipinski definition) is 4. The number of hydrogen-bond acceptors (Lipinski definition) is 3. The molecule has 1 aromatic carbocycles. The lowest BCUT2D eigenvalue weighted by atomic mass is 10.1. The first-order valence-electron chi connectivity index (χ1n) is 6.41. The minimum atomic E-state index is -1.24. The number of amides is 2. The van der Waals surface area contributed by atoms with Gasteiger partial charge in [0.15, 0.2) is 5.75 Å². The number of aromatic carboxylic acids is 1. The van der Waals surface area contributed by atoms with Crippen LogP contribution in [0.5, 0.6) is 5.75 Å². The molecule has 2 amide bonds. The third-order valence-electron chi connectivity index (χ3n) is 3.74. The number of phenols is 1. The number of para-hydroxylation sites is 1. The van der Waals surface area contributed by atoms with Crippen molar-refractivity contribution in [3.05, 3.63) is 23.8 Å². The fourth-order valence-corrected chi connectivity index (χ4v) is 2.12. The summed E-state index contributed by atoms with van der Waals surface area (Å²) in [5, 5.41) is 23.8. The molecule has 20 heavy (non-hydrogen) atoms. The first kappa shape index (κ1) is 14.2. The second-order valence-electron chi connectivity index (χ2n) is 5.73. The molecule has 0 spiro atoms. The van der Waals surface area contributed by atoms with Crippen molar-refractivity contribution in [1.29, 1.82) is 0 Å². The van der Waals surface area contributed by atoms with Crippen LogP contribution in [0.1, 0.15) is 30.6 Å². The Morgan fingerprint density at radius 3 is 2.60 bits per heavy atom. The topological polar surface area (TPSA) is 98.7 Å². The average Bonchev–Trinajstić information content (AvgIpc) is 2.97. The van der Waals surface area contributed by atoms with Crippen molar-refractivity contribution in [2.45, 2.75) is 20.3 Å². The van der Waals surface area contributed by atoms with Crippen LogP contribution < -0.4 is 10.6 Å². The van der Waals surface area contributed by atoms with Crippen molar-refractivity contribution < 1.29 is 19.8 Å². The lowest BCUT2D eigenvalue weighted by Crippen LogP contribution is -2.31. The molecule has 1 fully saturated rings. The molecule has 2 rings (SSSR count). The number of nitrogens with one attached hydrogen (secondary N) is 2. The van der Waals surface area contributed by atoms with Gasteiger partial charge in [0.1, 0.15) is 5.56 Å². The highest BCUT2D eigenvalue weighted by Crippen LogP contribution is 2.50. The monoisotopic (exact) mass is 278 g/mol. The summed E-state index contributed by atoms with van der Waals surface area (Å²) < 4.78 is 0. The normalized spacial score (nSPS) is 19.2. The number of benzene rings is 1. The maximum absolute atomic E-state index is 11.7. The highest BCUT2D eigenvalue weighted by atomic mass is 16.4. The SMILES string of the molecule is CC1(C)CC1CNC(=O)Nc1cccc(C(=O)O)c1O. The second kappa shape index (κ2) is 5.03. The van der Waals surface area contributed by atoms with Crippen LogP contribution in [0.2, 0.25) is 0 Å². The molecule has 0 bridgehead atoms. The summed E-state index contributed by atoms with van der Waals surface area (Å²) in [4.78, 5) is 22.6. The van der Waals surface area contributed by atoms with E-state index in [1.54, 1.807) is 0 Å². The molecular weight excluding hydrogens is 260 g/mol. The quantitative estimate of drug-likeness (QED) is 0.635. The highest BCUT2D eigenvalue weighted by molar-refractivity contribution is 5.97. The fraction of sp³-hybridized carbons (Fsp3) is 0.429. The number of carboxylic acid groups (broad SMARTS) is 1. The number of anilines is 1. The van der Waals surface area contributed by atoms with Gasteiger partial charge < -0.3 is 20.8 Å². The minimum Gasteiger partial charge on any atom is -0.505 e. The Balaban J connectivity index is 1.94. The van der Waals surface area contributed by atoms with E-state index in [0.717, 1.165) is 6.42 Å². The van der Waals surface area contributed by atoms with E-state index in [1.807, 2.05) is 0 Å².